The molecule has 1 amide bonds. The maximum absolute atomic E-state index is 13.0. The Morgan fingerprint density at radius 1 is 0.744 bits per heavy atom. The Kier molecular flexibility index (Phi) is 7.18. The molecule has 3 atom stereocenters. The molecule has 0 spiro atoms. The lowest BCUT2D eigenvalue weighted by molar-refractivity contribution is -0.0450. The van der Waals surface area contributed by atoms with Gasteiger partial charge in [-0.25, -0.2) is 4.79 Å². The first-order valence-electron chi connectivity index (χ1n) is 13.7. The molecule has 6 rings (SSSR count). The van der Waals surface area contributed by atoms with E-state index in [0.717, 1.165) is 29.8 Å². The number of cyclic esters (lactones) is 1. The van der Waals surface area contributed by atoms with Gasteiger partial charge in [0, 0.05) is 25.7 Å². The van der Waals surface area contributed by atoms with Crippen LogP contribution in [0.3, 0.4) is 0 Å². The molecule has 39 heavy (non-hydrogen) atoms. The highest BCUT2D eigenvalue weighted by atomic mass is 16.6. The van der Waals surface area contributed by atoms with Crippen molar-refractivity contribution >= 4 is 6.09 Å². The van der Waals surface area contributed by atoms with Crippen molar-refractivity contribution in [2.24, 2.45) is 0 Å². The molecule has 4 aromatic rings. The Morgan fingerprint density at radius 2 is 1.23 bits per heavy atom. The summed E-state index contributed by atoms with van der Waals surface area (Å²) in [4.78, 5) is 17.3. The molecule has 0 saturated carbocycles. The van der Waals surface area contributed by atoms with Crippen molar-refractivity contribution in [2.75, 3.05) is 19.7 Å². The number of piperazine rings is 1. The van der Waals surface area contributed by atoms with Crippen molar-refractivity contribution in [1.82, 2.24) is 9.80 Å². The number of benzene rings is 4. The van der Waals surface area contributed by atoms with Gasteiger partial charge in [-0.15, -0.1) is 0 Å². The maximum atomic E-state index is 13.0. The molecule has 2 fully saturated rings. The second-order valence-electron chi connectivity index (χ2n) is 10.5. The normalized spacial score (nSPS) is 21.4. The van der Waals surface area contributed by atoms with Crippen LogP contribution in [0.5, 0.6) is 0 Å². The second-order valence-corrected chi connectivity index (χ2v) is 10.5. The predicted octanol–water partition coefficient (Wildman–Crippen LogP) is 6.09. The molecule has 5 nitrogen and oxygen atoms in total. The largest absolute Gasteiger partial charge is 0.441 e. The van der Waals surface area contributed by atoms with Crippen molar-refractivity contribution < 1.29 is 14.3 Å². The smallest absolute Gasteiger partial charge is 0.410 e. The average Bonchev–Trinajstić information content (AvgIpc) is 3.29. The number of carbonyl (C=O) groups is 1. The number of hydrogen-bond acceptors (Lipinski definition) is 4. The third kappa shape index (κ3) is 4.96. The van der Waals surface area contributed by atoms with Crippen molar-refractivity contribution in [2.45, 2.75) is 37.3 Å². The zero-order chi connectivity index (χ0) is 26.7. The van der Waals surface area contributed by atoms with E-state index in [1.165, 1.54) is 5.56 Å². The third-order valence-electron chi connectivity index (χ3n) is 8.06. The van der Waals surface area contributed by atoms with Gasteiger partial charge in [-0.2, -0.15) is 0 Å². The maximum Gasteiger partial charge on any atom is 0.410 e. The molecular formula is C34H34N2O3. The van der Waals surface area contributed by atoms with E-state index in [4.69, 9.17) is 9.47 Å². The highest BCUT2D eigenvalue weighted by Crippen LogP contribution is 2.41. The first kappa shape index (κ1) is 25.4. The summed E-state index contributed by atoms with van der Waals surface area (Å²) in [7, 11) is 0. The topological polar surface area (TPSA) is 42.0 Å². The van der Waals surface area contributed by atoms with E-state index in [0.29, 0.717) is 6.54 Å². The van der Waals surface area contributed by atoms with Gasteiger partial charge in [0.25, 0.3) is 0 Å². The van der Waals surface area contributed by atoms with Crippen LogP contribution in [0.15, 0.2) is 121 Å². The van der Waals surface area contributed by atoms with Crippen molar-refractivity contribution in [1.29, 1.82) is 0 Å². The van der Waals surface area contributed by atoms with Gasteiger partial charge in [-0.05, 0) is 29.2 Å². The number of amides is 1. The van der Waals surface area contributed by atoms with E-state index in [1.807, 2.05) is 65.6 Å². The Bertz CT molecular complexity index is 1270. The lowest BCUT2D eigenvalue weighted by Crippen LogP contribution is -2.58. The number of carbonyl (C=O) groups excluding carboxylic acids is 1. The van der Waals surface area contributed by atoms with Gasteiger partial charge in [0.05, 0.1) is 12.6 Å². The number of hydrogen-bond donors (Lipinski definition) is 0. The van der Waals surface area contributed by atoms with Gasteiger partial charge < -0.3 is 9.47 Å². The molecule has 0 radical (unpaired) electrons. The zero-order valence-corrected chi connectivity index (χ0v) is 22.2. The van der Waals surface area contributed by atoms with Crippen LogP contribution in [-0.4, -0.2) is 53.8 Å². The summed E-state index contributed by atoms with van der Waals surface area (Å²) < 4.78 is 13.0. The Balaban J connectivity index is 1.32. The summed E-state index contributed by atoms with van der Waals surface area (Å²) in [5.74, 6) is 0. The summed E-state index contributed by atoms with van der Waals surface area (Å²) in [5.41, 5.74) is 3.52. The number of nitrogens with zero attached hydrogens (tertiary/aromatic N) is 2. The third-order valence-corrected chi connectivity index (χ3v) is 8.06. The summed E-state index contributed by atoms with van der Waals surface area (Å²) in [6.45, 7) is 4.69. The molecule has 0 unspecified atom stereocenters. The van der Waals surface area contributed by atoms with Gasteiger partial charge in [-0.3, -0.25) is 9.80 Å². The van der Waals surface area contributed by atoms with E-state index in [-0.39, 0.29) is 30.9 Å². The summed E-state index contributed by atoms with van der Waals surface area (Å²) in [6, 6.07) is 41.6. The van der Waals surface area contributed by atoms with Crippen LogP contribution in [0.4, 0.5) is 4.79 Å². The molecule has 198 valence electrons. The Morgan fingerprint density at radius 3 is 1.74 bits per heavy atom. The predicted molar refractivity (Wildman–Crippen MR) is 152 cm³/mol. The molecule has 4 aromatic carbocycles. The van der Waals surface area contributed by atoms with Crippen molar-refractivity contribution in [3.8, 4) is 0 Å². The number of rotatable bonds is 8. The Labute approximate surface area is 230 Å². The van der Waals surface area contributed by atoms with E-state index >= 15 is 0 Å². The van der Waals surface area contributed by atoms with Gasteiger partial charge >= 0.3 is 6.09 Å². The molecule has 0 N–H and O–H groups in total. The molecule has 2 aliphatic rings. The average molecular weight is 519 g/mol. The minimum absolute atomic E-state index is 0.0718. The first-order valence-corrected chi connectivity index (χ1v) is 13.7. The number of fused-ring (bicyclic) bond motifs is 1. The van der Waals surface area contributed by atoms with Crippen LogP contribution in [0.2, 0.25) is 0 Å². The van der Waals surface area contributed by atoms with Crippen LogP contribution in [0.25, 0.3) is 0 Å². The molecular weight excluding hydrogens is 484 g/mol. The lowest BCUT2D eigenvalue weighted by Gasteiger charge is -2.42. The lowest BCUT2D eigenvalue weighted by atomic mass is 9.80. The van der Waals surface area contributed by atoms with Gasteiger partial charge in [-0.1, -0.05) is 121 Å². The summed E-state index contributed by atoms with van der Waals surface area (Å²) >= 11 is 0. The van der Waals surface area contributed by atoms with E-state index in [1.54, 1.807) is 0 Å². The van der Waals surface area contributed by atoms with Crippen LogP contribution in [0.1, 0.15) is 29.2 Å². The second kappa shape index (κ2) is 11.0. The van der Waals surface area contributed by atoms with Crippen molar-refractivity contribution in [3.05, 3.63) is 144 Å². The van der Waals surface area contributed by atoms with E-state index < -0.39 is 5.60 Å². The fourth-order valence-electron chi connectivity index (χ4n) is 6.02. The molecule has 0 bridgehead atoms. The number of ether oxygens (including phenoxy) is 2. The molecule has 5 heteroatoms. The fraction of sp³-hybridized carbons (Fsp3) is 0.265. The van der Waals surface area contributed by atoms with Crippen LogP contribution in [0, 0.1) is 0 Å². The molecule has 0 aliphatic carbocycles. The van der Waals surface area contributed by atoms with Gasteiger partial charge in [0.15, 0.2) is 0 Å². The highest BCUT2D eigenvalue weighted by molar-refractivity contribution is 5.71. The van der Waals surface area contributed by atoms with Crippen LogP contribution >= 0.6 is 0 Å². The molecule has 0 aromatic heterocycles. The molecule has 2 heterocycles. The molecule has 2 saturated heterocycles. The zero-order valence-electron chi connectivity index (χ0n) is 22.2. The van der Waals surface area contributed by atoms with E-state index in [9.17, 15) is 4.79 Å². The summed E-state index contributed by atoms with van der Waals surface area (Å²) in [6.07, 6.45) is -0.622. The van der Waals surface area contributed by atoms with Gasteiger partial charge in [0.1, 0.15) is 11.7 Å². The monoisotopic (exact) mass is 518 g/mol. The van der Waals surface area contributed by atoms with Crippen LogP contribution in [-0.2, 0) is 21.6 Å². The first-order chi connectivity index (χ1) is 19.1. The standard InChI is InChI=1S/C34H34N2O3/c1-26-22-36-31(24-35(26)23-27-14-6-2-7-15-27)32(39-33(36)37)25-38-34(28-16-8-3-9-17-28,29-18-10-4-11-19-29)30-20-12-5-13-21-30/h2-21,26,31-32H,22-25H2,1H3/t26-,31-,32-/m1/s1. The quantitative estimate of drug-likeness (QED) is 0.265. The van der Waals surface area contributed by atoms with Crippen LogP contribution < -0.4 is 0 Å². The molecule has 2 aliphatic heterocycles. The Hall–Kier alpha value is -3.93. The fourth-order valence-corrected chi connectivity index (χ4v) is 6.02. The summed E-state index contributed by atoms with van der Waals surface area (Å²) in [5, 5.41) is 0. The minimum atomic E-state index is -0.852. The van der Waals surface area contributed by atoms with Gasteiger partial charge in [0.2, 0.25) is 0 Å². The minimum Gasteiger partial charge on any atom is -0.441 e. The van der Waals surface area contributed by atoms with E-state index in [2.05, 4.69) is 72.5 Å². The van der Waals surface area contributed by atoms with Crippen molar-refractivity contribution in [3.63, 3.8) is 0 Å². The SMILES string of the molecule is C[C@@H]1CN2C(=O)O[C@H](COC(c3ccccc3)(c3ccccc3)c3ccccc3)[C@H]2CN1Cc1ccccc1. The highest BCUT2D eigenvalue weighted by Gasteiger charge is 2.48.